The molecule has 0 aliphatic rings. The Bertz CT molecular complexity index is 378. The van der Waals surface area contributed by atoms with E-state index in [4.69, 9.17) is 5.11 Å². The van der Waals surface area contributed by atoms with Gasteiger partial charge in [-0.25, -0.2) is 14.8 Å². The molecular weight excluding hydrogens is 238 g/mol. The molecule has 0 aliphatic heterocycles. The highest BCUT2D eigenvalue weighted by atomic mass is 32.2. The average Bonchev–Trinajstić information content (AvgIpc) is 2.22. The monoisotopic (exact) mass is 255 g/mol. The van der Waals surface area contributed by atoms with E-state index in [9.17, 15) is 4.79 Å². The van der Waals surface area contributed by atoms with E-state index in [0.717, 1.165) is 17.1 Å². The molecule has 6 heteroatoms. The van der Waals surface area contributed by atoms with Crippen molar-refractivity contribution in [3.63, 3.8) is 0 Å². The lowest BCUT2D eigenvalue weighted by molar-refractivity contribution is -0.137. The van der Waals surface area contributed by atoms with Crippen LogP contribution in [0.4, 0.5) is 5.95 Å². The maximum absolute atomic E-state index is 11.1. The summed E-state index contributed by atoms with van der Waals surface area (Å²) in [5.41, 5.74) is 1.66. The number of anilines is 1. The Morgan fingerprint density at radius 3 is 2.53 bits per heavy atom. The first-order chi connectivity index (χ1) is 8.02. The van der Waals surface area contributed by atoms with Gasteiger partial charge in [0.15, 0.2) is 0 Å². The second kappa shape index (κ2) is 6.44. The highest BCUT2D eigenvalue weighted by molar-refractivity contribution is 7.98. The number of carbonyl (C=O) groups is 1. The number of carboxylic acids is 1. The zero-order valence-corrected chi connectivity index (χ0v) is 11.0. The zero-order valence-electron chi connectivity index (χ0n) is 10.2. The molecule has 0 aromatic carbocycles. The minimum atomic E-state index is -0.873. The summed E-state index contributed by atoms with van der Waals surface area (Å²) in [6.07, 6.45) is 2.50. The second-order valence-corrected chi connectivity index (χ2v) is 4.78. The topological polar surface area (TPSA) is 75.1 Å². The quantitative estimate of drug-likeness (QED) is 0.806. The number of aromatic nitrogens is 2. The molecule has 0 fully saturated rings. The van der Waals surface area contributed by atoms with Crippen molar-refractivity contribution in [3.8, 4) is 0 Å². The number of nitrogens with zero attached hydrogens (tertiary/aromatic N) is 2. The molecule has 0 saturated carbocycles. The van der Waals surface area contributed by atoms with Crippen molar-refractivity contribution in [1.82, 2.24) is 9.97 Å². The fourth-order valence-corrected chi connectivity index (χ4v) is 1.91. The maximum atomic E-state index is 11.1. The van der Waals surface area contributed by atoms with Gasteiger partial charge in [0.2, 0.25) is 5.95 Å². The maximum Gasteiger partial charge on any atom is 0.326 e. The molecule has 94 valence electrons. The van der Waals surface area contributed by atoms with Crippen LogP contribution in [0.1, 0.15) is 17.8 Å². The minimum absolute atomic E-state index is 0.385. The van der Waals surface area contributed by atoms with Gasteiger partial charge in [-0.2, -0.15) is 11.8 Å². The molecule has 0 spiro atoms. The van der Waals surface area contributed by atoms with E-state index in [0.29, 0.717) is 12.4 Å². The number of carboxylic acid groups (broad SMARTS) is 1. The Morgan fingerprint density at radius 2 is 2.06 bits per heavy atom. The summed E-state index contributed by atoms with van der Waals surface area (Å²) in [5, 5.41) is 11.9. The molecule has 1 heterocycles. The molecule has 2 N–H and O–H groups in total. The van der Waals surface area contributed by atoms with Gasteiger partial charge in [0.1, 0.15) is 6.04 Å². The van der Waals surface area contributed by atoms with Crippen LogP contribution in [-0.4, -0.2) is 39.1 Å². The number of hydrogen-bond acceptors (Lipinski definition) is 5. The van der Waals surface area contributed by atoms with Crippen molar-refractivity contribution in [1.29, 1.82) is 0 Å². The fourth-order valence-electron chi connectivity index (χ4n) is 1.44. The Morgan fingerprint density at radius 1 is 1.47 bits per heavy atom. The van der Waals surface area contributed by atoms with Crippen LogP contribution in [0.3, 0.4) is 0 Å². The smallest absolute Gasteiger partial charge is 0.326 e. The van der Waals surface area contributed by atoms with E-state index in [2.05, 4.69) is 15.3 Å². The van der Waals surface area contributed by atoms with Crippen LogP contribution in [0.2, 0.25) is 0 Å². The van der Waals surface area contributed by atoms with Crippen molar-refractivity contribution in [2.24, 2.45) is 0 Å². The third-order valence-corrected chi connectivity index (χ3v) is 2.84. The van der Waals surface area contributed by atoms with Gasteiger partial charge >= 0.3 is 5.97 Å². The third kappa shape index (κ3) is 4.60. The average molecular weight is 255 g/mol. The van der Waals surface area contributed by atoms with Gasteiger partial charge in [-0.05, 0) is 38.3 Å². The summed E-state index contributed by atoms with van der Waals surface area (Å²) < 4.78 is 0. The second-order valence-electron chi connectivity index (χ2n) is 3.79. The van der Waals surface area contributed by atoms with Gasteiger partial charge in [-0.15, -0.1) is 0 Å². The first kappa shape index (κ1) is 13.8. The largest absolute Gasteiger partial charge is 0.480 e. The highest BCUT2D eigenvalue weighted by Gasteiger charge is 2.17. The molecule has 0 bridgehead atoms. The molecule has 1 unspecified atom stereocenters. The molecule has 17 heavy (non-hydrogen) atoms. The first-order valence-corrected chi connectivity index (χ1v) is 6.73. The molecule has 0 aliphatic carbocycles. The predicted octanol–water partition coefficient (Wildman–Crippen LogP) is 1.71. The molecule has 1 rings (SSSR count). The van der Waals surface area contributed by atoms with Crippen LogP contribution in [0, 0.1) is 13.8 Å². The van der Waals surface area contributed by atoms with Crippen molar-refractivity contribution >= 4 is 23.7 Å². The fraction of sp³-hybridized carbons (Fsp3) is 0.545. The molecule has 1 aromatic rings. The van der Waals surface area contributed by atoms with Crippen molar-refractivity contribution in [2.75, 3.05) is 17.3 Å². The summed E-state index contributed by atoms with van der Waals surface area (Å²) in [7, 11) is 0. The number of aliphatic carboxylic acids is 1. The SMILES string of the molecule is CSCCC(Nc1nc(C)cc(C)n1)C(=O)O. The Kier molecular flexibility index (Phi) is 5.21. The summed E-state index contributed by atoms with van der Waals surface area (Å²) in [6, 6.07) is 1.21. The standard InChI is InChI=1S/C11H17N3O2S/c1-7-6-8(2)13-11(12-7)14-9(10(15)16)4-5-17-3/h6,9H,4-5H2,1-3H3,(H,15,16)(H,12,13,14). The lowest BCUT2D eigenvalue weighted by Gasteiger charge is -2.14. The first-order valence-electron chi connectivity index (χ1n) is 5.33. The number of aryl methyl sites for hydroxylation is 2. The molecular formula is C11H17N3O2S. The summed E-state index contributed by atoms with van der Waals surface area (Å²) in [6.45, 7) is 3.72. The van der Waals surface area contributed by atoms with Gasteiger partial charge in [0, 0.05) is 11.4 Å². The molecule has 1 atom stereocenters. The van der Waals surface area contributed by atoms with Gasteiger partial charge in [-0.3, -0.25) is 0 Å². The van der Waals surface area contributed by atoms with Crippen LogP contribution >= 0.6 is 11.8 Å². The predicted molar refractivity (Wildman–Crippen MR) is 69.6 cm³/mol. The summed E-state index contributed by atoms with van der Waals surface area (Å²) >= 11 is 1.62. The molecule has 1 aromatic heterocycles. The van der Waals surface area contributed by atoms with Crippen LogP contribution < -0.4 is 5.32 Å². The van der Waals surface area contributed by atoms with Gasteiger partial charge in [0.05, 0.1) is 0 Å². The Hall–Kier alpha value is -1.30. The van der Waals surface area contributed by atoms with E-state index in [1.165, 1.54) is 0 Å². The summed E-state index contributed by atoms with van der Waals surface area (Å²) in [4.78, 5) is 19.4. The van der Waals surface area contributed by atoms with Crippen LogP contribution in [0.5, 0.6) is 0 Å². The van der Waals surface area contributed by atoms with Gasteiger partial charge in [-0.1, -0.05) is 0 Å². The molecule has 0 radical (unpaired) electrons. The summed E-state index contributed by atoms with van der Waals surface area (Å²) in [5.74, 6) is 0.298. The molecule has 5 nitrogen and oxygen atoms in total. The Labute approximate surface area is 105 Å². The van der Waals surface area contributed by atoms with Crippen molar-refractivity contribution in [2.45, 2.75) is 26.3 Å². The third-order valence-electron chi connectivity index (χ3n) is 2.19. The van der Waals surface area contributed by atoms with Crippen LogP contribution in [-0.2, 0) is 4.79 Å². The van der Waals surface area contributed by atoms with Crippen LogP contribution in [0.15, 0.2) is 6.07 Å². The van der Waals surface area contributed by atoms with Crippen molar-refractivity contribution < 1.29 is 9.90 Å². The highest BCUT2D eigenvalue weighted by Crippen LogP contribution is 2.09. The van der Waals surface area contributed by atoms with Crippen molar-refractivity contribution in [3.05, 3.63) is 17.5 Å². The van der Waals surface area contributed by atoms with E-state index >= 15 is 0 Å². The normalized spacial score (nSPS) is 12.2. The van der Waals surface area contributed by atoms with Gasteiger partial charge in [0.25, 0.3) is 0 Å². The number of thioether (sulfide) groups is 1. The van der Waals surface area contributed by atoms with E-state index in [-0.39, 0.29) is 0 Å². The number of hydrogen-bond donors (Lipinski definition) is 2. The van der Waals surface area contributed by atoms with E-state index in [1.807, 2.05) is 26.2 Å². The van der Waals surface area contributed by atoms with E-state index < -0.39 is 12.0 Å². The van der Waals surface area contributed by atoms with Gasteiger partial charge < -0.3 is 10.4 Å². The zero-order chi connectivity index (χ0) is 12.8. The molecule has 0 amide bonds. The molecule has 0 saturated heterocycles. The lowest BCUT2D eigenvalue weighted by atomic mass is 10.2. The number of rotatable bonds is 6. The lowest BCUT2D eigenvalue weighted by Crippen LogP contribution is -2.30. The number of nitrogens with one attached hydrogen (secondary N) is 1. The Balaban J connectivity index is 2.74. The van der Waals surface area contributed by atoms with Crippen LogP contribution in [0.25, 0.3) is 0 Å². The minimum Gasteiger partial charge on any atom is -0.480 e. The van der Waals surface area contributed by atoms with E-state index in [1.54, 1.807) is 11.8 Å².